The van der Waals surface area contributed by atoms with Crippen LogP contribution in [0.4, 0.5) is 0 Å². The Balaban J connectivity index is 0.000000845. The van der Waals surface area contributed by atoms with E-state index < -0.39 is 0 Å². The minimum atomic E-state index is -0.0354. The fourth-order valence-electron chi connectivity index (χ4n) is 1.26. The molecule has 0 aliphatic heterocycles. The Bertz CT molecular complexity index is 303. The van der Waals surface area contributed by atoms with Gasteiger partial charge in [0.2, 0.25) is 0 Å². The molecule has 0 atom stereocenters. The zero-order chi connectivity index (χ0) is 8.77. The fourth-order valence-corrected chi connectivity index (χ4v) is 2.56. The first-order chi connectivity index (χ1) is 5.60. The molecule has 1 aliphatic rings. The molecule has 2 N–H and O–H groups in total. The van der Waals surface area contributed by atoms with Gasteiger partial charge >= 0.3 is 0 Å². The molecule has 0 unspecified atom stereocenters. The largest absolute Gasteiger partial charge is 0.321 e. The zero-order valence-corrected chi connectivity index (χ0v) is 10.9. The SMILES string of the molecule is Cl.NC1(c2cc(Br)cc(Br)c2)CC1. The molecule has 13 heavy (non-hydrogen) atoms. The first kappa shape index (κ1) is 11.5. The number of halogens is 3. The van der Waals surface area contributed by atoms with Gasteiger partial charge in [0.05, 0.1) is 0 Å². The van der Waals surface area contributed by atoms with Gasteiger partial charge in [-0.2, -0.15) is 0 Å². The van der Waals surface area contributed by atoms with Gasteiger partial charge < -0.3 is 5.73 Å². The first-order valence-corrected chi connectivity index (χ1v) is 5.44. The van der Waals surface area contributed by atoms with Gasteiger partial charge in [0.25, 0.3) is 0 Å². The number of hydrogen-bond acceptors (Lipinski definition) is 1. The highest BCUT2D eigenvalue weighted by Crippen LogP contribution is 2.44. The molecular weight excluding hydrogens is 317 g/mol. The van der Waals surface area contributed by atoms with E-state index in [0.29, 0.717) is 0 Å². The van der Waals surface area contributed by atoms with Crippen molar-refractivity contribution in [3.63, 3.8) is 0 Å². The van der Waals surface area contributed by atoms with Crippen LogP contribution in [0.15, 0.2) is 27.1 Å². The van der Waals surface area contributed by atoms with E-state index in [9.17, 15) is 0 Å². The maximum atomic E-state index is 6.06. The van der Waals surface area contributed by atoms with Crippen molar-refractivity contribution in [2.24, 2.45) is 5.73 Å². The van der Waals surface area contributed by atoms with Gasteiger partial charge in [-0.15, -0.1) is 12.4 Å². The van der Waals surface area contributed by atoms with E-state index >= 15 is 0 Å². The minimum Gasteiger partial charge on any atom is -0.321 e. The summed E-state index contributed by atoms with van der Waals surface area (Å²) < 4.78 is 2.17. The standard InChI is InChI=1S/C9H9Br2N.ClH/c10-7-3-6(4-8(11)5-7)9(12)1-2-9;/h3-5H,1-2,12H2;1H. The monoisotopic (exact) mass is 325 g/mol. The molecule has 0 amide bonds. The second-order valence-electron chi connectivity index (χ2n) is 3.31. The van der Waals surface area contributed by atoms with Crippen LogP contribution in [0.3, 0.4) is 0 Å². The van der Waals surface area contributed by atoms with E-state index in [1.807, 2.05) is 6.07 Å². The Kier molecular flexibility index (Phi) is 3.44. The number of rotatable bonds is 1. The molecule has 0 radical (unpaired) electrons. The van der Waals surface area contributed by atoms with Gasteiger partial charge in [-0.3, -0.25) is 0 Å². The van der Waals surface area contributed by atoms with E-state index in [0.717, 1.165) is 21.8 Å². The Hall–Kier alpha value is 0.430. The van der Waals surface area contributed by atoms with Crippen LogP contribution in [0.5, 0.6) is 0 Å². The highest BCUT2D eigenvalue weighted by atomic mass is 79.9. The molecule has 1 aliphatic carbocycles. The predicted octanol–water partition coefficient (Wildman–Crippen LogP) is 3.58. The fraction of sp³-hybridized carbons (Fsp3) is 0.333. The van der Waals surface area contributed by atoms with Crippen molar-refractivity contribution < 1.29 is 0 Å². The molecule has 0 heterocycles. The van der Waals surface area contributed by atoms with Crippen LogP contribution < -0.4 is 5.73 Å². The summed E-state index contributed by atoms with van der Waals surface area (Å²) in [5, 5.41) is 0. The van der Waals surface area contributed by atoms with Gasteiger partial charge in [-0.05, 0) is 36.6 Å². The second kappa shape index (κ2) is 3.89. The summed E-state index contributed by atoms with van der Waals surface area (Å²) >= 11 is 6.90. The molecule has 1 nitrogen and oxygen atoms in total. The van der Waals surface area contributed by atoms with Crippen molar-refractivity contribution in [2.75, 3.05) is 0 Å². The van der Waals surface area contributed by atoms with Crippen LogP contribution in [0.2, 0.25) is 0 Å². The quantitative estimate of drug-likeness (QED) is 0.838. The average molecular weight is 327 g/mol. The van der Waals surface area contributed by atoms with E-state index in [1.54, 1.807) is 0 Å². The summed E-state index contributed by atoms with van der Waals surface area (Å²) in [7, 11) is 0. The molecule has 0 saturated heterocycles. The van der Waals surface area contributed by atoms with Crippen LogP contribution in [0, 0.1) is 0 Å². The molecule has 1 saturated carbocycles. The molecule has 1 aromatic rings. The van der Waals surface area contributed by atoms with Gasteiger partial charge in [0, 0.05) is 14.5 Å². The van der Waals surface area contributed by atoms with Crippen LogP contribution in [0.25, 0.3) is 0 Å². The van der Waals surface area contributed by atoms with Crippen molar-refractivity contribution in [3.05, 3.63) is 32.7 Å². The summed E-state index contributed by atoms with van der Waals surface area (Å²) in [5.74, 6) is 0. The Morgan fingerprint density at radius 1 is 1.08 bits per heavy atom. The number of hydrogen-bond donors (Lipinski definition) is 1. The van der Waals surface area contributed by atoms with Crippen LogP contribution >= 0.6 is 44.3 Å². The van der Waals surface area contributed by atoms with Crippen LogP contribution in [-0.4, -0.2) is 0 Å². The Morgan fingerprint density at radius 2 is 1.54 bits per heavy atom. The maximum Gasteiger partial charge on any atom is 0.0412 e. The number of benzene rings is 1. The third kappa shape index (κ3) is 2.46. The van der Waals surface area contributed by atoms with E-state index in [-0.39, 0.29) is 17.9 Å². The molecule has 0 aromatic heterocycles. The summed E-state index contributed by atoms with van der Waals surface area (Å²) in [6.07, 6.45) is 2.21. The zero-order valence-electron chi connectivity index (χ0n) is 6.89. The Morgan fingerprint density at radius 3 is 1.92 bits per heavy atom. The highest BCUT2D eigenvalue weighted by molar-refractivity contribution is 9.11. The van der Waals surface area contributed by atoms with Crippen molar-refractivity contribution in [3.8, 4) is 0 Å². The van der Waals surface area contributed by atoms with Crippen molar-refractivity contribution in [1.29, 1.82) is 0 Å². The van der Waals surface area contributed by atoms with Gasteiger partial charge in [0.1, 0.15) is 0 Å². The lowest BCUT2D eigenvalue weighted by Gasteiger charge is -2.09. The summed E-state index contributed by atoms with van der Waals surface area (Å²) in [5.41, 5.74) is 7.25. The topological polar surface area (TPSA) is 26.0 Å². The van der Waals surface area contributed by atoms with Gasteiger partial charge in [-0.1, -0.05) is 31.9 Å². The summed E-state index contributed by atoms with van der Waals surface area (Å²) in [6.45, 7) is 0. The molecule has 72 valence electrons. The maximum absolute atomic E-state index is 6.06. The van der Waals surface area contributed by atoms with Crippen LogP contribution in [-0.2, 0) is 5.54 Å². The molecule has 2 rings (SSSR count). The third-order valence-electron chi connectivity index (χ3n) is 2.23. The lowest BCUT2D eigenvalue weighted by Crippen LogP contribution is -2.18. The van der Waals surface area contributed by atoms with E-state index in [4.69, 9.17) is 5.73 Å². The minimum absolute atomic E-state index is 0. The third-order valence-corrected chi connectivity index (χ3v) is 3.14. The molecule has 0 spiro atoms. The van der Waals surface area contributed by atoms with Gasteiger partial charge in [-0.25, -0.2) is 0 Å². The van der Waals surface area contributed by atoms with Crippen molar-refractivity contribution >= 4 is 44.3 Å². The number of nitrogens with two attached hydrogens (primary N) is 1. The lowest BCUT2D eigenvalue weighted by atomic mass is 10.1. The second-order valence-corrected chi connectivity index (χ2v) is 5.15. The normalized spacial score (nSPS) is 17.8. The highest BCUT2D eigenvalue weighted by Gasteiger charge is 2.40. The summed E-state index contributed by atoms with van der Waals surface area (Å²) in [6, 6.07) is 6.21. The first-order valence-electron chi connectivity index (χ1n) is 3.86. The van der Waals surface area contributed by atoms with Crippen molar-refractivity contribution in [2.45, 2.75) is 18.4 Å². The average Bonchev–Trinajstić information content (AvgIpc) is 2.67. The van der Waals surface area contributed by atoms with Gasteiger partial charge in [0.15, 0.2) is 0 Å². The van der Waals surface area contributed by atoms with E-state index in [2.05, 4.69) is 44.0 Å². The molecule has 0 bridgehead atoms. The Labute approximate surface area is 101 Å². The predicted molar refractivity (Wildman–Crippen MR) is 64.2 cm³/mol. The van der Waals surface area contributed by atoms with Crippen molar-refractivity contribution in [1.82, 2.24) is 0 Å². The molecule has 4 heteroatoms. The van der Waals surface area contributed by atoms with E-state index in [1.165, 1.54) is 5.56 Å². The molecule has 1 aromatic carbocycles. The smallest absolute Gasteiger partial charge is 0.0412 e. The molecule has 1 fully saturated rings. The molecular formula is C9H10Br2ClN. The lowest BCUT2D eigenvalue weighted by molar-refractivity contribution is 0.739. The summed E-state index contributed by atoms with van der Waals surface area (Å²) in [4.78, 5) is 0. The van der Waals surface area contributed by atoms with Crippen LogP contribution in [0.1, 0.15) is 18.4 Å².